The minimum absolute atomic E-state index is 0.384. The van der Waals surface area contributed by atoms with Crippen molar-refractivity contribution in [1.82, 2.24) is 5.32 Å². The van der Waals surface area contributed by atoms with Gasteiger partial charge in [0.2, 0.25) is 0 Å². The van der Waals surface area contributed by atoms with Gasteiger partial charge in [-0.25, -0.2) is 0 Å². The lowest BCUT2D eigenvalue weighted by atomic mass is 9.90. The molecule has 4 nitrogen and oxygen atoms in total. The molecule has 0 saturated carbocycles. The molecule has 2 rings (SSSR count). The Morgan fingerprint density at radius 3 is 2.63 bits per heavy atom. The molecule has 1 fully saturated rings. The van der Waals surface area contributed by atoms with Crippen molar-refractivity contribution in [2.24, 2.45) is 0 Å². The third kappa shape index (κ3) is 2.77. The largest absolute Gasteiger partial charge is 0.493 e. The summed E-state index contributed by atoms with van der Waals surface area (Å²) in [5, 5.41) is 3.39. The highest BCUT2D eigenvalue weighted by molar-refractivity contribution is 9.10. The van der Waals surface area contributed by atoms with E-state index in [4.69, 9.17) is 9.47 Å². The predicted octanol–water partition coefficient (Wildman–Crippen LogP) is 2.75. The summed E-state index contributed by atoms with van der Waals surface area (Å²) in [5.41, 5.74) is 1.58. The molecule has 0 spiro atoms. The minimum Gasteiger partial charge on any atom is -0.493 e. The van der Waals surface area contributed by atoms with Gasteiger partial charge in [-0.2, -0.15) is 0 Å². The van der Waals surface area contributed by atoms with Crippen LogP contribution in [-0.2, 0) is 0 Å². The second kappa shape index (κ2) is 6.39. The van der Waals surface area contributed by atoms with E-state index in [0.29, 0.717) is 23.0 Å². The van der Waals surface area contributed by atoms with Gasteiger partial charge in [-0.3, -0.25) is 4.79 Å². The van der Waals surface area contributed by atoms with Crippen LogP contribution >= 0.6 is 15.9 Å². The van der Waals surface area contributed by atoms with Crippen LogP contribution in [0, 0.1) is 0 Å². The summed E-state index contributed by atoms with van der Waals surface area (Å²) in [6.07, 6.45) is 3.04. The van der Waals surface area contributed by atoms with Crippen molar-refractivity contribution < 1.29 is 14.3 Å². The normalized spacial score (nSPS) is 19.0. The van der Waals surface area contributed by atoms with Crippen molar-refractivity contribution in [2.75, 3.05) is 27.3 Å². The van der Waals surface area contributed by atoms with Crippen molar-refractivity contribution in [3.05, 3.63) is 21.7 Å². The van der Waals surface area contributed by atoms with Crippen LogP contribution in [0.5, 0.6) is 11.5 Å². The molecule has 0 aliphatic carbocycles. The zero-order valence-electron chi connectivity index (χ0n) is 11.2. The first-order valence-corrected chi connectivity index (χ1v) is 7.12. The lowest BCUT2D eigenvalue weighted by molar-refractivity contribution is 0.111. The standard InChI is InChI=1S/C14H18BrNO3/c1-18-13-10(9-4-3-5-16-7-9)6-12(15)11(8-17)14(13)19-2/h6,8-9,16H,3-5,7H2,1-2H3. The maximum atomic E-state index is 11.2. The van der Waals surface area contributed by atoms with Crippen LogP contribution in [-0.4, -0.2) is 33.6 Å². The second-order valence-corrected chi connectivity index (χ2v) is 5.44. The molecule has 1 atom stereocenters. The number of nitrogens with one attached hydrogen (secondary N) is 1. The van der Waals surface area contributed by atoms with Crippen LogP contribution in [0.3, 0.4) is 0 Å². The van der Waals surface area contributed by atoms with Crippen LogP contribution in [0.4, 0.5) is 0 Å². The van der Waals surface area contributed by atoms with Crippen molar-refractivity contribution in [2.45, 2.75) is 18.8 Å². The molecule has 1 aromatic rings. The lowest BCUT2D eigenvalue weighted by Gasteiger charge is -2.26. The number of methoxy groups -OCH3 is 2. The van der Waals surface area contributed by atoms with E-state index in [0.717, 1.165) is 42.3 Å². The molecule has 104 valence electrons. The van der Waals surface area contributed by atoms with E-state index >= 15 is 0 Å². The molecule has 1 aliphatic heterocycles. The monoisotopic (exact) mass is 327 g/mol. The van der Waals surface area contributed by atoms with E-state index in [1.807, 2.05) is 6.07 Å². The van der Waals surface area contributed by atoms with Crippen LogP contribution in [0.1, 0.15) is 34.7 Å². The fourth-order valence-corrected chi connectivity index (χ4v) is 3.11. The maximum absolute atomic E-state index is 11.2. The number of carbonyl (C=O) groups is 1. The lowest BCUT2D eigenvalue weighted by Crippen LogP contribution is -2.28. The summed E-state index contributed by atoms with van der Waals surface area (Å²) >= 11 is 3.44. The fourth-order valence-electron chi connectivity index (χ4n) is 2.59. The van der Waals surface area contributed by atoms with Crippen molar-refractivity contribution in [1.29, 1.82) is 0 Å². The molecular formula is C14H18BrNO3. The van der Waals surface area contributed by atoms with E-state index < -0.39 is 0 Å². The first kappa shape index (κ1) is 14.3. The SMILES string of the molecule is COc1c(C2CCCNC2)cc(Br)c(C=O)c1OC. The van der Waals surface area contributed by atoms with Gasteiger partial charge < -0.3 is 14.8 Å². The summed E-state index contributed by atoms with van der Waals surface area (Å²) < 4.78 is 11.6. The van der Waals surface area contributed by atoms with Gasteiger partial charge in [-0.15, -0.1) is 0 Å². The highest BCUT2D eigenvalue weighted by atomic mass is 79.9. The maximum Gasteiger partial charge on any atom is 0.172 e. The third-order valence-corrected chi connectivity index (χ3v) is 4.17. The molecule has 5 heteroatoms. The first-order valence-electron chi connectivity index (χ1n) is 6.33. The molecule has 1 aromatic carbocycles. The zero-order valence-corrected chi connectivity index (χ0v) is 12.7. The number of halogens is 1. The highest BCUT2D eigenvalue weighted by Gasteiger charge is 2.25. The van der Waals surface area contributed by atoms with Gasteiger partial charge in [0.25, 0.3) is 0 Å². The zero-order chi connectivity index (χ0) is 13.8. The van der Waals surface area contributed by atoms with Crippen LogP contribution in [0.25, 0.3) is 0 Å². The van der Waals surface area contributed by atoms with Gasteiger partial charge in [0.15, 0.2) is 17.8 Å². The minimum atomic E-state index is 0.384. The van der Waals surface area contributed by atoms with Crippen LogP contribution in [0.2, 0.25) is 0 Å². The van der Waals surface area contributed by atoms with E-state index in [-0.39, 0.29) is 0 Å². The molecule has 0 amide bonds. The van der Waals surface area contributed by atoms with Gasteiger partial charge >= 0.3 is 0 Å². The van der Waals surface area contributed by atoms with Crippen molar-refractivity contribution in [3.8, 4) is 11.5 Å². The number of piperidine rings is 1. The number of hydrogen-bond acceptors (Lipinski definition) is 4. The topological polar surface area (TPSA) is 47.6 Å². The van der Waals surface area contributed by atoms with Crippen molar-refractivity contribution >= 4 is 22.2 Å². The number of benzene rings is 1. The molecule has 0 aromatic heterocycles. The molecule has 1 heterocycles. The Balaban J connectivity index is 2.53. The summed E-state index contributed by atoms with van der Waals surface area (Å²) in [6.45, 7) is 1.98. The summed E-state index contributed by atoms with van der Waals surface area (Å²) in [6, 6.07) is 1.97. The first-order chi connectivity index (χ1) is 9.22. The second-order valence-electron chi connectivity index (χ2n) is 4.59. The number of hydrogen-bond donors (Lipinski definition) is 1. The Hall–Kier alpha value is -1.07. The average Bonchev–Trinajstić information content (AvgIpc) is 2.46. The summed E-state index contributed by atoms with van der Waals surface area (Å²) in [7, 11) is 3.17. The third-order valence-electron chi connectivity index (χ3n) is 3.52. The van der Waals surface area contributed by atoms with Crippen LogP contribution < -0.4 is 14.8 Å². The number of ether oxygens (including phenoxy) is 2. The van der Waals surface area contributed by atoms with Gasteiger partial charge in [0, 0.05) is 22.5 Å². The molecule has 1 unspecified atom stereocenters. The number of aldehydes is 1. The summed E-state index contributed by atoms with van der Waals surface area (Å²) in [5.74, 6) is 1.56. The highest BCUT2D eigenvalue weighted by Crippen LogP contribution is 2.43. The molecule has 0 bridgehead atoms. The van der Waals surface area contributed by atoms with E-state index in [9.17, 15) is 4.79 Å². The Bertz CT molecular complexity index is 470. The Labute approximate surface area is 121 Å². The van der Waals surface area contributed by atoms with Gasteiger partial charge in [0.1, 0.15) is 0 Å². The summed E-state index contributed by atoms with van der Waals surface area (Å²) in [4.78, 5) is 11.2. The Morgan fingerprint density at radius 1 is 1.37 bits per heavy atom. The molecular weight excluding hydrogens is 310 g/mol. The molecule has 0 radical (unpaired) electrons. The van der Waals surface area contributed by atoms with Gasteiger partial charge in [-0.1, -0.05) is 0 Å². The Kier molecular flexibility index (Phi) is 4.82. The smallest absolute Gasteiger partial charge is 0.172 e. The predicted molar refractivity (Wildman–Crippen MR) is 77.5 cm³/mol. The molecule has 1 N–H and O–H groups in total. The number of carbonyl (C=O) groups excluding carboxylic acids is 1. The fraction of sp³-hybridized carbons (Fsp3) is 0.500. The molecule has 19 heavy (non-hydrogen) atoms. The number of rotatable bonds is 4. The van der Waals surface area contributed by atoms with E-state index in [1.54, 1.807) is 14.2 Å². The van der Waals surface area contributed by atoms with E-state index in [1.165, 1.54) is 0 Å². The Morgan fingerprint density at radius 2 is 2.11 bits per heavy atom. The molecule has 1 aliphatic rings. The average molecular weight is 328 g/mol. The quantitative estimate of drug-likeness (QED) is 0.864. The van der Waals surface area contributed by atoms with Gasteiger partial charge in [-0.05, 0) is 41.4 Å². The van der Waals surface area contributed by atoms with Crippen molar-refractivity contribution in [3.63, 3.8) is 0 Å². The molecule has 1 saturated heterocycles. The van der Waals surface area contributed by atoms with Gasteiger partial charge in [0.05, 0.1) is 19.8 Å². The van der Waals surface area contributed by atoms with Crippen LogP contribution in [0.15, 0.2) is 10.5 Å². The van der Waals surface area contributed by atoms with E-state index in [2.05, 4.69) is 21.2 Å².